The molecule has 0 saturated heterocycles. The summed E-state index contributed by atoms with van der Waals surface area (Å²) in [5.41, 5.74) is 3.33. The summed E-state index contributed by atoms with van der Waals surface area (Å²) >= 11 is 0. The third kappa shape index (κ3) is 4.37. The Morgan fingerprint density at radius 2 is 1.94 bits per heavy atom. The first-order chi connectivity index (χ1) is 8.54. The van der Waals surface area contributed by atoms with Crippen molar-refractivity contribution in [2.45, 2.75) is 26.8 Å². The van der Waals surface area contributed by atoms with Crippen LogP contribution in [0.1, 0.15) is 18.1 Å². The molecule has 0 aliphatic carbocycles. The minimum atomic E-state index is -0.0257. The van der Waals surface area contributed by atoms with Crippen LogP contribution in [0.25, 0.3) is 0 Å². The van der Waals surface area contributed by atoms with E-state index in [2.05, 4.69) is 10.6 Å². The van der Waals surface area contributed by atoms with Gasteiger partial charge in [-0.05, 0) is 31.9 Å². The normalized spacial score (nSPS) is 12.0. The number of anilines is 1. The Kier molecular flexibility index (Phi) is 5.65. The minimum absolute atomic E-state index is 0.0257. The second kappa shape index (κ2) is 7.01. The lowest BCUT2D eigenvalue weighted by molar-refractivity contribution is -0.120. The van der Waals surface area contributed by atoms with Gasteiger partial charge in [0.25, 0.3) is 0 Å². The molecule has 0 heterocycles. The van der Waals surface area contributed by atoms with Crippen molar-refractivity contribution >= 4 is 11.6 Å². The summed E-state index contributed by atoms with van der Waals surface area (Å²) < 4.78 is 4.97. The molecule has 1 atom stereocenters. The van der Waals surface area contributed by atoms with E-state index < -0.39 is 0 Å². The SMILES string of the molecule is COCC(C)NC(=O)CNc1c(C)cccc1C. The third-order valence-corrected chi connectivity index (χ3v) is 2.73. The Morgan fingerprint density at radius 3 is 2.50 bits per heavy atom. The van der Waals surface area contributed by atoms with Gasteiger partial charge in [-0.15, -0.1) is 0 Å². The zero-order chi connectivity index (χ0) is 13.5. The lowest BCUT2D eigenvalue weighted by Crippen LogP contribution is -2.39. The van der Waals surface area contributed by atoms with Crippen LogP contribution in [0.2, 0.25) is 0 Å². The fourth-order valence-electron chi connectivity index (χ4n) is 1.88. The van der Waals surface area contributed by atoms with Crippen molar-refractivity contribution in [2.75, 3.05) is 25.6 Å². The number of aryl methyl sites for hydroxylation is 2. The molecule has 0 aliphatic rings. The number of amides is 1. The molecule has 1 amide bonds. The summed E-state index contributed by atoms with van der Waals surface area (Å²) in [7, 11) is 1.62. The van der Waals surface area contributed by atoms with Gasteiger partial charge in [0.05, 0.1) is 13.2 Å². The Morgan fingerprint density at radius 1 is 1.33 bits per heavy atom. The van der Waals surface area contributed by atoms with E-state index in [0.29, 0.717) is 6.61 Å². The van der Waals surface area contributed by atoms with Crippen LogP contribution in [-0.4, -0.2) is 32.2 Å². The number of hydrogen-bond acceptors (Lipinski definition) is 3. The maximum atomic E-state index is 11.7. The Balaban J connectivity index is 2.48. The highest BCUT2D eigenvalue weighted by Gasteiger charge is 2.08. The monoisotopic (exact) mass is 250 g/mol. The summed E-state index contributed by atoms with van der Waals surface area (Å²) in [4.78, 5) is 11.7. The fourth-order valence-corrected chi connectivity index (χ4v) is 1.88. The van der Waals surface area contributed by atoms with Crippen LogP contribution in [-0.2, 0) is 9.53 Å². The van der Waals surface area contributed by atoms with Gasteiger partial charge >= 0.3 is 0 Å². The molecule has 0 saturated carbocycles. The largest absolute Gasteiger partial charge is 0.383 e. The Hall–Kier alpha value is -1.55. The van der Waals surface area contributed by atoms with Crippen molar-refractivity contribution in [2.24, 2.45) is 0 Å². The predicted molar refractivity (Wildman–Crippen MR) is 73.9 cm³/mol. The molecule has 4 nitrogen and oxygen atoms in total. The highest BCUT2D eigenvalue weighted by atomic mass is 16.5. The van der Waals surface area contributed by atoms with Crippen molar-refractivity contribution in [3.05, 3.63) is 29.3 Å². The molecule has 0 aliphatic heterocycles. The number of nitrogens with one attached hydrogen (secondary N) is 2. The first-order valence-corrected chi connectivity index (χ1v) is 6.13. The van der Waals surface area contributed by atoms with Crippen molar-refractivity contribution < 1.29 is 9.53 Å². The number of methoxy groups -OCH3 is 1. The van der Waals surface area contributed by atoms with Crippen LogP contribution >= 0.6 is 0 Å². The van der Waals surface area contributed by atoms with E-state index in [4.69, 9.17) is 4.74 Å². The number of para-hydroxylation sites is 1. The molecule has 0 fully saturated rings. The summed E-state index contributed by atoms with van der Waals surface area (Å²) in [5, 5.41) is 6.04. The smallest absolute Gasteiger partial charge is 0.239 e. The molecular weight excluding hydrogens is 228 g/mol. The number of carbonyl (C=O) groups is 1. The van der Waals surface area contributed by atoms with Gasteiger partial charge in [-0.2, -0.15) is 0 Å². The maximum Gasteiger partial charge on any atom is 0.239 e. The lowest BCUT2D eigenvalue weighted by atomic mass is 10.1. The maximum absolute atomic E-state index is 11.7. The molecule has 1 aromatic carbocycles. The van der Waals surface area contributed by atoms with E-state index in [-0.39, 0.29) is 18.5 Å². The predicted octanol–water partition coefficient (Wildman–Crippen LogP) is 1.87. The van der Waals surface area contributed by atoms with E-state index >= 15 is 0 Å². The first-order valence-electron chi connectivity index (χ1n) is 6.13. The highest BCUT2D eigenvalue weighted by Crippen LogP contribution is 2.18. The van der Waals surface area contributed by atoms with Gasteiger partial charge in [0.2, 0.25) is 5.91 Å². The molecule has 18 heavy (non-hydrogen) atoms. The topological polar surface area (TPSA) is 50.4 Å². The number of rotatable bonds is 6. The standard InChI is InChI=1S/C14H22N2O2/c1-10-6-5-7-11(2)14(10)15-8-13(17)16-12(3)9-18-4/h5-7,12,15H,8-9H2,1-4H3,(H,16,17). The zero-order valence-corrected chi connectivity index (χ0v) is 11.5. The van der Waals surface area contributed by atoms with Gasteiger partial charge in [0.15, 0.2) is 0 Å². The molecule has 2 N–H and O–H groups in total. The van der Waals surface area contributed by atoms with Crippen LogP contribution in [0, 0.1) is 13.8 Å². The summed E-state index contributed by atoms with van der Waals surface area (Å²) in [6, 6.07) is 6.10. The molecular formula is C14H22N2O2. The number of carbonyl (C=O) groups excluding carboxylic acids is 1. The van der Waals surface area contributed by atoms with E-state index in [1.54, 1.807) is 7.11 Å². The van der Waals surface area contributed by atoms with E-state index in [0.717, 1.165) is 16.8 Å². The van der Waals surface area contributed by atoms with Gasteiger partial charge in [-0.25, -0.2) is 0 Å². The van der Waals surface area contributed by atoms with Crippen LogP contribution in [0.4, 0.5) is 5.69 Å². The Bertz CT molecular complexity index is 385. The Labute approximate surface area is 109 Å². The molecule has 0 bridgehead atoms. The van der Waals surface area contributed by atoms with Crippen LogP contribution in [0.15, 0.2) is 18.2 Å². The molecule has 0 aromatic heterocycles. The van der Waals surface area contributed by atoms with E-state index in [1.165, 1.54) is 0 Å². The highest BCUT2D eigenvalue weighted by molar-refractivity contribution is 5.81. The van der Waals surface area contributed by atoms with Gasteiger partial charge in [0.1, 0.15) is 0 Å². The molecule has 4 heteroatoms. The lowest BCUT2D eigenvalue weighted by Gasteiger charge is -2.15. The van der Waals surface area contributed by atoms with Crippen LogP contribution < -0.4 is 10.6 Å². The minimum Gasteiger partial charge on any atom is -0.383 e. The molecule has 100 valence electrons. The van der Waals surface area contributed by atoms with Gasteiger partial charge in [-0.3, -0.25) is 4.79 Å². The van der Waals surface area contributed by atoms with Gasteiger partial charge < -0.3 is 15.4 Å². The quantitative estimate of drug-likeness (QED) is 0.810. The fraction of sp³-hybridized carbons (Fsp3) is 0.500. The van der Waals surface area contributed by atoms with Crippen molar-refractivity contribution in [3.8, 4) is 0 Å². The third-order valence-electron chi connectivity index (χ3n) is 2.73. The molecule has 0 spiro atoms. The average molecular weight is 250 g/mol. The summed E-state index contributed by atoms with van der Waals surface area (Å²) in [6.45, 7) is 6.77. The van der Waals surface area contributed by atoms with Crippen LogP contribution in [0.5, 0.6) is 0 Å². The summed E-state index contributed by atoms with van der Waals surface area (Å²) in [5.74, 6) is -0.0257. The molecule has 1 unspecified atom stereocenters. The molecule has 1 aromatic rings. The number of hydrogen-bond donors (Lipinski definition) is 2. The van der Waals surface area contributed by atoms with Crippen LogP contribution in [0.3, 0.4) is 0 Å². The van der Waals surface area contributed by atoms with E-state index in [1.807, 2.05) is 39.0 Å². The van der Waals surface area contributed by atoms with Crippen molar-refractivity contribution in [3.63, 3.8) is 0 Å². The van der Waals surface area contributed by atoms with E-state index in [9.17, 15) is 4.79 Å². The second-order valence-corrected chi connectivity index (χ2v) is 4.54. The van der Waals surface area contributed by atoms with Crippen molar-refractivity contribution in [1.82, 2.24) is 5.32 Å². The zero-order valence-electron chi connectivity index (χ0n) is 11.5. The summed E-state index contributed by atoms with van der Waals surface area (Å²) in [6.07, 6.45) is 0. The number of ether oxygens (including phenoxy) is 1. The molecule has 0 radical (unpaired) electrons. The second-order valence-electron chi connectivity index (χ2n) is 4.54. The number of benzene rings is 1. The molecule has 1 rings (SSSR count). The average Bonchev–Trinajstić information content (AvgIpc) is 2.28. The van der Waals surface area contributed by atoms with Gasteiger partial charge in [0, 0.05) is 18.8 Å². The van der Waals surface area contributed by atoms with Gasteiger partial charge in [-0.1, -0.05) is 18.2 Å². The first kappa shape index (κ1) is 14.5. The van der Waals surface area contributed by atoms with Crippen molar-refractivity contribution in [1.29, 1.82) is 0 Å².